The first-order valence-corrected chi connectivity index (χ1v) is 13.1. The summed E-state index contributed by atoms with van der Waals surface area (Å²) in [4.78, 5) is 13.0. The van der Waals surface area contributed by atoms with Crippen LogP contribution < -0.4 is 19.5 Å². The Morgan fingerprint density at radius 1 is 1.03 bits per heavy atom. The maximum atomic E-state index is 13.2. The van der Waals surface area contributed by atoms with Crippen molar-refractivity contribution in [2.24, 2.45) is 5.92 Å². The minimum absolute atomic E-state index is 0.0560. The topological polar surface area (TPSA) is 94.2 Å². The summed E-state index contributed by atoms with van der Waals surface area (Å²) in [5, 5.41) is 2.79. The SMILES string of the molecule is CCOc1ccc(NC(=O)c2ccc(OCCC(C)C)c(OC)c2)cc1S(=O)(=O)N1CCCC1. The van der Waals surface area contributed by atoms with Crippen LogP contribution in [0.2, 0.25) is 0 Å². The largest absolute Gasteiger partial charge is 0.493 e. The molecule has 9 heteroatoms. The number of carbonyl (C=O) groups excluding carboxylic acids is 1. The number of benzene rings is 2. The fourth-order valence-corrected chi connectivity index (χ4v) is 5.34. The van der Waals surface area contributed by atoms with E-state index in [0.717, 1.165) is 19.3 Å². The van der Waals surface area contributed by atoms with Gasteiger partial charge in [0, 0.05) is 24.3 Å². The molecule has 0 aliphatic carbocycles. The summed E-state index contributed by atoms with van der Waals surface area (Å²) >= 11 is 0. The van der Waals surface area contributed by atoms with Crippen molar-refractivity contribution >= 4 is 21.6 Å². The highest BCUT2D eigenvalue weighted by Crippen LogP contribution is 2.32. The smallest absolute Gasteiger partial charge is 0.255 e. The molecule has 186 valence electrons. The first kappa shape index (κ1) is 25.8. The molecule has 2 aromatic rings. The molecule has 8 nitrogen and oxygen atoms in total. The first-order chi connectivity index (χ1) is 16.3. The summed E-state index contributed by atoms with van der Waals surface area (Å²) in [6.45, 7) is 7.89. The van der Waals surface area contributed by atoms with Gasteiger partial charge in [-0.15, -0.1) is 0 Å². The van der Waals surface area contributed by atoms with E-state index in [1.54, 1.807) is 37.3 Å². The fraction of sp³-hybridized carbons (Fsp3) is 0.480. The van der Waals surface area contributed by atoms with Crippen molar-refractivity contribution in [2.75, 3.05) is 38.7 Å². The van der Waals surface area contributed by atoms with Crippen molar-refractivity contribution in [3.8, 4) is 17.2 Å². The van der Waals surface area contributed by atoms with Gasteiger partial charge in [-0.2, -0.15) is 4.31 Å². The Morgan fingerprint density at radius 3 is 2.38 bits per heavy atom. The average Bonchev–Trinajstić information content (AvgIpc) is 3.36. The van der Waals surface area contributed by atoms with Crippen LogP contribution in [0, 0.1) is 5.92 Å². The van der Waals surface area contributed by atoms with Crippen molar-refractivity contribution in [1.29, 1.82) is 0 Å². The average molecular weight is 491 g/mol. The van der Waals surface area contributed by atoms with E-state index in [2.05, 4.69) is 19.2 Å². The van der Waals surface area contributed by atoms with Crippen LogP contribution in [-0.4, -0.2) is 52.0 Å². The number of nitrogens with zero attached hydrogens (tertiary/aromatic N) is 1. The molecule has 1 N–H and O–H groups in total. The van der Waals surface area contributed by atoms with Gasteiger partial charge < -0.3 is 19.5 Å². The predicted molar refractivity (Wildman–Crippen MR) is 132 cm³/mol. The third-order valence-electron chi connectivity index (χ3n) is 5.56. The summed E-state index contributed by atoms with van der Waals surface area (Å²) in [5.41, 5.74) is 0.730. The highest BCUT2D eigenvalue weighted by molar-refractivity contribution is 7.89. The highest BCUT2D eigenvalue weighted by Gasteiger charge is 2.30. The standard InChI is InChI=1S/C25H34N2O6S/c1-5-32-22-11-9-20(17-24(22)34(29,30)27-13-6-7-14-27)26-25(28)19-8-10-21(23(16-19)31-4)33-15-12-18(2)3/h8-11,16-18H,5-7,12-15H2,1-4H3,(H,26,28). The molecule has 0 spiro atoms. The molecule has 0 unspecified atom stereocenters. The van der Waals surface area contributed by atoms with E-state index in [1.807, 2.05) is 0 Å². The van der Waals surface area contributed by atoms with Gasteiger partial charge in [-0.05, 0) is 68.5 Å². The molecule has 3 rings (SSSR count). The van der Waals surface area contributed by atoms with Crippen LogP contribution in [0.3, 0.4) is 0 Å². The van der Waals surface area contributed by atoms with Crippen molar-refractivity contribution in [3.05, 3.63) is 42.0 Å². The van der Waals surface area contributed by atoms with Crippen LogP contribution >= 0.6 is 0 Å². The second-order valence-corrected chi connectivity index (χ2v) is 10.5. The van der Waals surface area contributed by atoms with Gasteiger partial charge >= 0.3 is 0 Å². The van der Waals surface area contributed by atoms with Gasteiger partial charge in [-0.25, -0.2) is 8.42 Å². The Bertz CT molecular complexity index is 1090. The number of methoxy groups -OCH3 is 1. The Balaban J connectivity index is 1.81. The molecule has 0 radical (unpaired) electrons. The summed E-state index contributed by atoms with van der Waals surface area (Å²) in [6.07, 6.45) is 2.57. The van der Waals surface area contributed by atoms with E-state index in [1.165, 1.54) is 17.5 Å². The molecule has 1 amide bonds. The normalized spacial score (nSPS) is 14.3. The maximum Gasteiger partial charge on any atom is 0.255 e. The third-order valence-corrected chi connectivity index (χ3v) is 7.48. The van der Waals surface area contributed by atoms with E-state index >= 15 is 0 Å². The molecule has 34 heavy (non-hydrogen) atoms. The number of nitrogens with one attached hydrogen (secondary N) is 1. The molecule has 1 fully saturated rings. The van der Waals surface area contributed by atoms with Crippen LogP contribution in [0.4, 0.5) is 5.69 Å². The molecule has 0 saturated carbocycles. The number of anilines is 1. The molecule has 0 atom stereocenters. The second-order valence-electron chi connectivity index (χ2n) is 8.56. The van der Waals surface area contributed by atoms with E-state index in [9.17, 15) is 13.2 Å². The number of hydrogen-bond acceptors (Lipinski definition) is 6. The summed E-state index contributed by atoms with van der Waals surface area (Å²) in [7, 11) is -2.20. The first-order valence-electron chi connectivity index (χ1n) is 11.7. The number of rotatable bonds is 11. The van der Waals surface area contributed by atoms with E-state index in [4.69, 9.17) is 14.2 Å². The lowest BCUT2D eigenvalue weighted by atomic mass is 10.1. The summed E-state index contributed by atoms with van der Waals surface area (Å²) in [5.74, 6) is 1.43. The van der Waals surface area contributed by atoms with Crippen LogP contribution in [0.5, 0.6) is 17.2 Å². The molecule has 0 bridgehead atoms. The lowest BCUT2D eigenvalue weighted by Gasteiger charge is -2.19. The third kappa shape index (κ3) is 6.21. The number of hydrogen-bond donors (Lipinski definition) is 1. The van der Waals surface area contributed by atoms with Gasteiger partial charge in [-0.1, -0.05) is 13.8 Å². The molecular formula is C25H34N2O6S. The van der Waals surface area contributed by atoms with Gasteiger partial charge in [0.25, 0.3) is 5.91 Å². The van der Waals surface area contributed by atoms with Gasteiger partial charge in [0.05, 0.1) is 20.3 Å². The zero-order chi connectivity index (χ0) is 24.7. The summed E-state index contributed by atoms with van der Waals surface area (Å²) in [6, 6.07) is 9.63. The second kappa shape index (κ2) is 11.6. The Hall–Kier alpha value is -2.78. The predicted octanol–water partition coefficient (Wildman–Crippen LogP) is 4.56. The van der Waals surface area contributed by atoms with Crippen molar-refractivity contribution in [3.63, 3.8) is 0 Å². The number of carbonyl (C=O) groups is 1. The minimum atomic E-state index is -3.73. The number of amides is 1. The zero-order valence-corrected chi connectivity index (χ0v) is 21.1. The molecular weight excluding hydrogens is 456 g/mol. The monoisotopic (exact) mass is 490 g/mol. The van der Waals surface area contributed by atoms with Crippen LogP contribution in [0.15, 0.2) is 41.3 Å². The van der Waals surface area contributed by atoms with Gasteiger partial charge in [0.2, 0.25) is 10.0 Å². The molecule has 1 aliphatic rings. The molecule has 1 heterocycles. The molecule has 1 aliphatic heterocycles. The van der Waals surface area contributed by atoms with E-state index in [0.29, 0.717) is 55.0 Å². The van der Waals surface area contributed by atoms with Crippen LogP contribution in [0.25, 0.3) is 0 Å². The lowest BCUT2D eigenvalue weighted by Crippen LogP contribution is -2.28. The minimum Gasteiger partial charge on any atom is -0.493 e. The van der Waals surface area contributed by atoms with Gasteiger partial charge in [-0.3, -0.25) is 4.79 Å². The van der Waals surface area contributed by atoms with Crippen LogP contribution in [-0.2, 0) is 10.0 Å². The zero-order valence-electron chi connectivity index (χ0n) is 20.3. The Labute approximate surface area is 202 Å². The van der Waals surface area contributed by atoms with Crippen LogP contribution in [0.1, 0.15) is 50.4 Å². The molecule has 1 saturated heterocycles. The molecule has 2 aromatic carbocycles. The van der Waals surface area contributed by atoms with Crippen molar-refractivity contribution in [2.45, 2.75) is 44.9 Å². The van der Waals surface area contributed by atoms with Gasteiger partial charge in [0.15, 0.2) is 11.5 Å². The van der Waals surface area contributed by atoms with Crippen molar-refractivity contribution < 1.29 is 27.4 Å². The maximum absolute atomic E-state index is 13.2. The van der Waals surface area contributed by atoms with E-state index in [-0.39, 0.29) is 16.6 Å². The lowest BCUT2D eigenvalue weighted by molar-refractivity contribution is 0.102. The number of sulfonamides is 1. The fourth-order valence-electron chi connectivity index (χ4n) is 3.67. The van der Waals surface area contributed by atoms with E-state index < -0.39 is 10.0 Å². The Morgan fingerprint density at radius 2 is 1.74 bits per heavy atom. The Kier molecular flexibility index (Phi) is 8.79. The summed E-state index contributed by atoms with van der Waals surface area (Å²) < 4.78 is 44.6. The molecule has 0 aromatic heterocycles. The quantitative estimate of drug-likeness (QED) is 0.496. The number of ether oxygens (including phenoxy) is 3. The van der Waals surface area contributed by atoms with Crippen molar-refractivity contribution in [1.82, 2.24) is 4.31 Å². The highest BCUT2D eigenvalue weighted by atomic mass is 32.2. The van der Waals surface area contributed by atoms with Gasteiger partial charge in [0.1, 0.15) is 10.6 Å².